The Balaban J connectivity index is 2.23. The maximum Gasteiger partial charge on any atom is 0.323 e. The number of hydrogen-bond donors (Lipinski definition) is 1. The molecule has 1 N–H and O–H groups in total. The molecule has 1 aromatic carbocycles. The first-order valence-electron chi connectivity index (χ1n) is 10.3. The number of allylic oxidation sites excluding steroid dienone is 3. The molecule has 0 spiro atoms. The number of carbonyl (C=O) groups excluding carboxylic acids is 2. The molecule has 0 amide bonds. The van der Waals surface area contributed by atoms with Gasteiger partial charge in [-0.1, -0.05) is 53.6 Å². The summed E-state index contributed by atoms with van der Waals surface area (Å²) in [7, 11) is 0. The number of rotatable bonds is 8. The molecule has 29 heavy (non-hydrogen) atoms. The lowest BCUT2D eigenvalue weighted by Gasteiger charge is -2.24. The van der Waals surface area contributed by atoms with Crippen LogP contribution in [0.5, 0.6) is 0 Å². The minimum absolute atomic E-state index is 0.0724. The molecule has 1 aromatic rings. The minimum Gasteiger partial charge on any atom is -0.465 e. The monoisotopic (exact) mass is 400 g/mol. The van der Waals surface area contributed by atoms with Crippen molar-refractivity contribution in [3.05, 3.63) is 59.2 Å². The molecule has 2 rings (SSSR count). The summed E-state index contributed by atoms with van der Waals surface area (Å²) in [5.74, 6) is -1.10. The van der Waals surface area contributed by atoms with Gasteiger partial charge in [0.15, 0.2) is 5.41 Å². The number of hydrogen-bond acceptors (Lipinski definition) is 5. The van der Waals surface area contributed by atoms with Gasteiger partial charge in [-0.25, -0.2) is 0 Å². The van der Waals surface area contributed by atoms with E-state index in [-0.39, 0.29) is 19.1 Å². The predicted octanol–water partition coefficient (Wildman–Crippen LogP) is 4.53. The predicted molar refractivity (Wildman–Crippen MR) is 112 cm³/mol. The highest BCUT2D eigenvalue weighted by molar-refractivity contribution is 6.01. The van der Waals surface area contributed by atoms with E-state index in [2.05, 4.69) is 0 Å². The van der Waals surface area contributed by atoms with E-state index in [0.29, 0.717) is 19.3 Å². The van der Waals surface area contributed by atoms with Gasteiger partial charge in [0, 0.05) is 0 Å². The summed E-state index contributed by atoms with van der Waals surface area (Å²) in [5.41, 5.74) is 1.69. The fourth-order valence-corrected chi connectivity index (χ4v) is 3.87. The van der Waals surface area contributed by atoms with Crippen LogP contribution in [-0.4, -0.2) is 30.3 Å². The van der Waals surface area contributed by atoms with Crippen molar-refractivity contribution in [2.24, 2.45) is 11.3 Å². The molecule has 5 heteroatoms. The quantitative estimate of drug-likeness (QED) is 0.394. The van der Waals surface area contributed by atoms with Crippen molar-refractivity contribution in [2.45, 2.75) is 53.1 Å². The van der Waals surface area contributed by atoms with E-state index in [1.807, 2.05) is 56.3 Å². The first kappa shape index (κ1) is 22.9. The van der Waals surface area contributed by atoms with Gasteiger partial charge in [-0.3, -0.25) is 9.59 Å². The average Bonchev–Trinajstić information content (AvgIpc) is 3.10. The molecule has 1 aliphatic carbocycles. The van der Waals surface area contributed by atoms with E-state index in [0.717, 1.165) is 16.7 Å². The van der Waals surface area contributed by atoms with Gasteiger partial charge in [-0.2, -0.15) is 0 Å². The van der Waals surface area contributed by atoms with Gasteiger partial charge in [-0.05, 0) is 58.4 Å². The molecule has 0 heterocycles. The van der Waals surface area contributed by atoms with E-state index in [1.165, 1.54) is 0 Å². The summed E-state index contributed by atoms with van der Waals surface area (Å²) >= 11 is 0. The minimum atomic E-state index is -1.30. The van der Waals surface area contributed by atoms with Crippen molar-refractivity contribution in [2.75, 3.05) is 13.2 Å². The molecule has 0 saturated heterocycles. The van der Waals surface area contributed by atoms with E-state index < -0.39 is 23.5 Å². The van der Waals surface area contributed by atoms with Gasteiger partial charge in [0.25, 0.3) is 0 Å². The van der Waals surface area contributed by atoms with Crippen LogP contribution in [0.3, 0.4) is 0 Å². The second-order valence-corrected chi connectivity index (χ2v) is 7.63. The second kappa shape index (κ2) is 10.4. The Hall–Kier alpha value is -2.40. The molecular weight excluding hydrogens is 368 g/mol. The summed E-state index contributed by atoms with van der Waals surface area (Å²) in [4.78, 5) is 25.5. The molecule has 0 radical (unpaired) electrons. The molecule has 158 valence electrons. The van der Waals surface area contributed by atoms with Crippen molar-refractivity contribution in [3.8, 4) is 0 Å². The number of esters is 2. The summed E-state index contributed by atoms with van der Waals surface area (Å²) in [6.07, 6.45) is 4.42. The lowest BCUT2D eigenvalue weighted by Crippen LogP contribution is -2.40. The van der Waals surface area contributed by atoms with Crippen molar-refractivity contribution in [1.29, 1.82) is 0 Å². The van der Waals surface area contributed by atoms with E-state index in [4.69, 9.17) is 9.47 Å². The van der Waals surface area contributed by atoms with Gasteiger partial charge >= 0.3 is 11.9 Å². The molecule has 5 nitrogen and oxygen atoms in total. The number of aliphatic hydroxyl groups is 1. The normalized spacial score (nSPS) is 19.2. The Morgan fingerprint density at radius 1 is 1.14 bits per heavy atom. The standard InChI is InChI=1S/C24H32O5/c1-5-28-22(26)24(23(27)29-6-2)15-19(20(16-24)17(3)4)13-10-14-21(25)18-11-8-7-9-12-18/h7-13,19,21,25H,5-6,14-16H2,1-4H3/b13-10+. The molecular formula is C24H32O5. The Kier molecular flexibility index (Phi) is 8.21. The number of aliphatic hydroxyl groups excluding tert-OH is 1. The third-order valence-corrected chi connectivity index (χ3v) is 5.39. The van der Waals surface area contributed by atoms with Crippen molar-refractivity contribution in [3.63, 3.8) is 0 Å². The molecule has 0 aliphatic heterocycles. The summed E-state index contributed by atoms with van der Waals surface area (Å²) in [6.45, 7) is 7.87. The molecule has 2 unspecified atom stereocenters. The van der Waals surface area contributed by atoms with Crippen LogP contribution in [-0.2, 0) is 19.1 Å². The molecule has 1 aliphatic rings. The third-order valence-electron chi connectivity index (χ3n) is 5.39. The van der Waals surface area contributed by atoms with Crippen LogP contribution in [0.4, 0.5) is 0 Å². The first-order valence-corrected chi connectivity index (χ1v) is 10.3. The van der Waals surface area contributed by atoms with Crippen LogP contribution < -0.4 is 0 Å². The number of benzene rings is 1. The fraction of sp³-hybridized carbons (Fsp3) is 0.500. The van der Waals surface area contributed by atoms with Crippen molar-refractivity contribution < 1.29 is 24.2 Å². The Morgan fingerprint density at radius 3 is 2.24 bits per heavy atom. The highest BCUT2D eigenvalue weighted by Crippen LogP contribution is 2.49. The average molecular weight is 401 g/mol. The lowest BCUT2D eigenvalue weighted by atomic mass is 9.85. The van der Waals surface area contributed by atoms with Gasteiger partial charge in [0.2, 0.25) is 0 Å². The zero-order chi connectivity index (χ0) is 21.4. The van der Waals surface area contributed by atoms with E-state index in [1.54, 1.807) is 13.8 Å². The smallest absolute Gasteiger partial charge is 0.323 e. The Morgan fingerprint density at radius 2 is 1.72 bits per heavy atom. The van der Waals surface area contributed by atoms with Gasteiger partial charge in [0.05, 0.1) is 19.3 Å². The fourth-order valence-electron chi connectivity index (χ4n) is 3.87. The molecule has 1 fully saturated rings. The SMILES string of the molecule is CCOC(=O)C1(C(=O)OCC)CC(=C(C)C)C(/C=C/CC(O)c2ccccc2)C1. The van der Waals surface area contributed by atoms with Crippen LogP contribution >= 0.6 is 0 Å². The Labute approximate surface area is 173 Å². The highest BCUT2D eigenvalue weighted by atomic mass is 16.6. The topological polar surface area (TPSA) is 72.8 Å². The largest absolute Gasteiger partial charge is 0.465 e. The lowest BCUT2D eigenvalue weighted by molar-refractivity contribution is -0.171. The zero-order valence-corrected chi connectivity index (χ0v) is 17.8. The summed E-state index contributed by atoms with van der Waals surface area (Å²) in [5, 5.41) is 10.4. The number of ether oxygens (including phenoxy) is 2. The van der Waals surface area contributed by atoms with Crippen LogP contribution in [0, 0.1) is 11.3 Å². The van der Waals surface area contributed by atoms with Gasteiger partial charge in [0.1, 0.15) is 0 Å². The molecule has 0 bridgehead atoms. The molecule has 0 aromatic heterocycles. The van der Waals surface area contributed by atoms with Gasteiger partial charge < -0.3 is 14.6 Å². The molecule has 2 atom stereocenters. The molecule has 1 saturated carbocycles. The first-order chi connectivity index (χ1) is 13.9. The summed E-state index contributed by atoms with van der Waals surface area (Å²) < 4.78 is 10.5. The van der Waals surface area contributed by atoms with Crippen LogP contribution in [0.2, 0.25) is 0 Å². The van der Waals surface area contributed by atoms with Crippen LogP contribution in [0.25, 0.3) is 0 Å². The van der Waals surface area contributed by atoms with Gasteiger partial charge in [-0.15, -0.1) is 0 Å². The van der Waals surface area contributed by atoms with Crippen molar-refractivity contribution >= 4 is 11.9 Å². The third kappa shape index (κ3) is 5.36. The van der Waals surface area contributed by atoms with E-state index >= 15 is 0 Å². The summed E-state index contributed by atoms with van der Waals surface area (Å²) in [6, 6.07) is 9.49. The zero-order valence-electron chi connectivity index (χ0n) is 17.8. The second-order valence-electron chi connectivity index (χ2n) is 7.63. The van der Waals surface area contributed by atoms with Crippen LogP contribution in [0.15, 0.2) is 53.6 Å². The van der Waals surface area contributed by atoms with E-state index in [9.17, 15) is 14.7 Å². The maximum atomic E-state index is 12.8. The highest BCUT2D eigenvalue weighted by Gasteiger charge is 2.55. The maximum absolute atomic E-state index is 12.8. The Bertz CT molecular complexity index is 741. The number of carbonyl (C=O) groups is 2. The van der Waals surface area contributed by atoms with Crippen LogP contribution in [0.1, 0.15) is 58.6 Å². The van der Waals surface area contributed by atoms with Crippen molar-refractivity contribution in [1.82, 2.24) is 0 Å².